The van der Waals surface area contributed by atoms with E-state index in [0.29, 0.717) is 11.3 Å². The van der Waals surface area contributed by atoms with E-state index in [9.17, 15) is 9.59 Å². The standard InChI is InChI=1S/C31H30FN3O4/c1-20-27(30(34-39-20)24-8-4-3-5-9-24)10-6-7-22-11-13-23(14-12-22)28-16-15-25(17-29(28)32)35-19-26(38-31(35)37)18-33-21(2)36/h3-5,8-9,11-17,26H,6-7,10,18-19H2,1-2H3,(H,33,36)/t26-/m0/s1. The van der Waals surface area contributed by atoms with Gasteiger partial charge >= 0.3 is 6.09 Å². The van der Waals surface area contributed by atoms with Crippen LogP contribution in [-0.4, -0.2) is 36.4 Å². The molecule has 1 aliphatic heterocycles. The van der Waals surface area contributed by atoms with Crippen molar-refractivity contribution in [2.24, 2.45) is 0 Å². The van der Waals surface area contributed by atoms with Gasteiger partial charge in [-0.25, -0.2) is 9.18 Å². The molecule has 0 bridgehead atoms. The molecule has 8 heteroatoms. The number of aryl methyl sites for hydroxylation is 2. The number of carbonyl (C=O) groups excluding carboxylic acids is 2. The number of anilines is 1. The van der Waals surface area contributed by atoms with E-state index in [-0.39, 0.29) is 19.0 Å². The number of cyclic esters (lactones) is 1. The number of ether oxygens (including phenoxy) is 1. The maximum atomic E-state index is 15.1. The third-order valence-corrected chi connectivity index (χ3v) is 6.91. The summed E-state index contributed by atoms with van der Waals surface area (Å²) in [5.41, 5.74) is 5.87. The average Bonchev–Trinajstić information content (AvgIpc) is 3.50. The van der Waals surface area contributed by atoms with Gasteiger partial charge < -0.3 is 14.6 Å². The topological polar surface area (TPSA) is 84.7 Å². The molecular formula is C31H30FN3O4. The van der Waals surface area contributed by atoms with Gasteiger partial charge in [-0.3, -0.25) is 9.69 Å². The molecule has 0 spiro atoms. The molecule has 2 heterocycles. The minimum atomic E-state index is -0.556. The summed E-state index contributed by atoms with van der Waals surface area (Å²) in [5, 5.41) is 6.90. The SMILES string of the molecule is CC(=O)NC[C@H]1CN(c2ccc(-c3ccc(CCCc4c(-c5ccccc5)noc4C)cc3)c(F)c2)C(=O)O1. The van der Waals surface area contributed by atoms with Crippen LogP contribution in [0.25, 0.3) is 22.4 Å². The third kappa shape index (κ3) is 6.00. The van der Waals surface area contributed by atoms with E-state index in [1.807, 2.05) is 61.5 Å². The normalized spacial score (nSPS) is 14.9. The molecule has 1 aliphatic rings. The van der Waals surface area contributed by atoms with Crippen LogP contribution in [0.3, 0.4) is 0 Å². The first-order chi connectivity index (χ1) is 18.9. The highest BCUT2D eigenvalue weighted by atomic mass is 19.1. The Morgan fingerprint density at radius 3 is 2.54 bits per heavy atom. The van der Waals surface area contributed by atoms with Crippen molar-refractivity contribution < 1.29 is 23.2 Å². The molecule has 0 unspecified atom stereocenters. The quantitative estimate of drug-likeness (QED) is 0.285. The van der Waals surface area contributed by atoms with Crippen LogP contribution in [0.2, 0.25) is 0 Å². The molecule has 1 aromatic heterocycles. The molecule has 1 saturated heterocycles. The van der Waals surface area contributed by atoms with Crippen molar-refractivity contribution in [1.82, 2.24) is 10.5 Å². The van der Waals surface area contributed by atoms with Crippen molar-refractivity contribution in [3.05, 3.63) is 95.5 Å². The Morgan fingerprint density at radius 2 is 1.82 bits per heavy atom. The smallest absolute Gasteiger partial charge is 0.414 e. The number of rotatable bonds is 9. The summed E-state index contributed by atoms with van der Waals surface area (Å²) in [6, 6.07) is 22.6. The van der Waals surface area contributed by atoms with Gasteiger partial charge in [0.15, 0.2) is 0 Å². The Labute approximate surface area is 226 Å². The van der Waals surface area contributed by atoms with Crippen LogP contribution in [0, 0.1) is 12.7 Å². The molecular weight excluding hydrogens is 497 g/mol. The van der Waals surface area contributed by atoms with Crippen LogP contribution >= 0.6 is 0 Å². The van der Waals surface area contributed by atoms with Gasteiger partial charge in [-0.1, -0.05) is 59.8 Å². The van der Waals surface area contributed by atoms with Crippen molar-refractivity contribution in [2.75, 3.05) is 18.0 Å². The number of nitrogens with one attached hydrogen (secondary N) is 1. The first kappa shape index (κ1) is 26.2. The molecule has 1 N–H and O–H groups in total. The van der Waals surface area contributed by atoms with Gasteiger partial charge in [-0.05, 0) is 55.5 Å². The molecule has 7 nitrogen and oxygen atoms in total. The Morgan fingerprint density at radius 1 is 1.05 bits per heavy atom. The average molecular weight is 528 g/mol. The summed E-state index contributed by atoms with van der Waals surface area (Å²) < 4.78 is 25.8. The van der Waals surface area contributed by atoms with E-state index in [4.69, 9.17) is 9.26 Å². The number of amides is 2. The van der Waals surface area contributed by atoms with Gasteiger partial charge in [0.05, 0.1) is 18.8 Å². The van der Waals surface area contributed by atoms with Crippen molar-refractivity contribution in [3.63, 3.8) is 0 Å². The molecule has 1 fully saturated rings. The Balaban J connectivity index is 1.20. The lowest BCUT2D eigenvalue weighted by Gasteiger charge is -2.15. The summed E-state index contributed by atoms with van der Waals surface area (Å²) in [4.78, 5) is 24.8. The zero-order valence-electron chi connectivity index (χ0n) is 21.9. The molecule has 5 rings (SSSR count). The second kappa shape index (κ2) is 11.5. The summed E-state index contributed by atoms with van der Waals surface area (Å²) >= 11 is 0. The minimum Gasteiger partial charge on any atom is -0.442 e. The minimum absolute atomic E-state index is 0.200. The van der Waals surface area contributed by atoms with Crippen LogP contribution in [0.1, 0.15) is 30.2 Å². The first-order valence-electron chi connectivity index (χ1n) is 13.0. The molecule has 3 aromatic carbocycles. The highest BCUT2D eigenvalue weighted by Crippen LogP contribution is 2.30. The lowest BCUT2D eigenvalue weighted by molar-refractivity contribution is -0.119. The number of aromatic nitrogens is 1. The lowest BCUT2D eigenvalue weighted by Crippen LogP contribution is -2.33. The van der Waals surface area contributed by atoms with E-state index >= 15 is 4.39 Å². The Kier molecular flexibility index (Phi) is 7.72. The van der Waals surface area contributed by atoms with Crippen molar-refractivity contribution >= 4 is 17.7 Å². The van der Waals surface area contributed by atoms with Crippen molar-refractivity contribution in [3.8, 4) is 22.4 Å². The van der Waals surface area contributed by atoms with E-state index < -0.39 is 18.0 Å². The predicted octanol–water partition coefficient (Wildman–Crippen LogP) is 6.09. The number of halogens is 1. The summed E-state index contributed by atoms with van der Waals surface area (Å²) in [6.45, 7) is 3.81. The van der Waals surface area contributed by atoms with Crippen LogP contribution < -0.4 is 10.2 Å². The fourth-order valence-electron chi connectivity index (χ4n) is 4.83. The largest absolute Gasteiger partial charge is 0.442 e. The number of carbonyl (C=O) groups is 2. The summed E-state index contributed by atoms with van der Waals surface area (Å²) in [6.07, 6.45) is 1.62. The molecule has 39 heavy (non-hydrogen) atoms. The van der Waals surface area contributed by atoms with Crippen LogP contribution in [-0.2, 0) is 22.4 Å². The van der Waals surface area contributed by atoms with Gasteiger partial charge in [0.2, 0.25) is 5.91 Å². The highest BCUT2D eigenvalue weighted by Gasteiger charge is 2.32. The molecule has 0 saturated carbocycles. The fraction of sp³-hybridized carbons (Fsp3) is 0.258. The van der Waals surface area contributed by atoms with Crippen LogP contribution in [0.15, 0.2) is 77.3 Å². The highest BCUT2D eigenvalue weighted by molar-refractivity contribution is 5.90. The van der Waals surface area contributed by atoms with Gasteiger partial charge in [0, 0.05) is 23.6 Å². The molecule has 0 aliphatic carbocycles. The van der Waals surface area contributed by atoms with E-state index in [0.717, 1.165) is 53.0 Å². The fourth-order valence-corrected chi connectivity index (χ4v) is 4.83. The molecule has 200 valence electrons. The first-order valence-corrected chi connectivity index (χ1v) is 13.0. The number of hydrogen-bond donors (Lipinski definition) is 1. The van der Waals surface area contributed by atoms with E-state index in [1.54, 1.807) is 12.1 Å². The number of hydrogen-bond acceptors (Lipinski definition) is 5. The zero-order chi connectivity index (χ0) is 27.4. The van der Waals surface area contributed by atoms with E-state index in [1.165, 1.54) is 17.9 Å². The summed E-state index contributed by atoms with van der Waals surface area (Å²) in [7, 11) is 0. The second-order valence-electron chi connectivity index (χ2n) is 9.70. The van der Waals surface area contributed by atoms with Crippen molar-refractivity contribution in [1.29, 1.82) is 0 Å². The van der Waals surface area contributed by atoms with Gasteiger partial charge in [0.25, 0.3) is 0 Å². The molecule has 1 atom stereocenters. The second-order valence-corrected chi connectivity index (χ2v) is 9.70. The Bertz CT molecular complexity index is 1470. The van der Waals surface area contributed by atoms with E-state index in [2.05, 4.69) is 10.5 Å². The predicted molar refractivity (Wildman–Crippen MR) is 147 cm³/mol. The van der Waals surface area contributed by atoms with Crippen LogP contribution in [0.4, 0.5) is 14.9 Å². The Hall–Kier alpha value is -4.46. The van der Waals surface area contributed by atoms with Crippen molar-refractivity contribution in [2.45, 2.75) is 39.2 Å². The molecule has 2 amide bonds. The maximum absolute atomic E-state index is 15.1. The third-order valence-electron chi connectivity index (χ3n) is 6.91. The molecule has 0 radical (unpaired) electrons. The van der Waals surface area contributed by atoms with Gasteiger partial charge in [-0.15, -0.1) is 0 Å². The zero-order valence-corrected chi connectivity index (χ0v) is 21.9. The molecule has 4 aromatic rings. The lowest BCUT2D eigenvalue weighted by atomic mass is 9.98. The number of benzene rings is 3. The summed E-state index contributed by atoms with van der Waals surface area (Å²) in [5.74, 6) is 0.219. The van der Waals surface area contributed by atoms with Crippen LogP contribution in [0.5, 0.6) is 0 Å². The van der Waals surface area contributed by atoms with Gasteiger partial charge in [-0.2, -0.15) is 0 Å². The monoisotopic (exact) mass is 527 g/mol. The maximum Gasteiger partial charge on any atom is 0.414 e. The van der Waals surface area contributed by atoms with Gasteiger partial charge in [0.1, 0.15) is 23.4 Å². The number of nitrogens with zero attached hydrogens (tertiary/aromatic N) is 2.